The van der Waals surface area contributed by atoms with Crippen LogP contribution in [-0.4, -0.2) is 53.0 Å². The van der Waals surface area contributed by atoms with Crippen LogP contribution in [0.2, 0.25) is 0 Å². The molecular weight excluding hydrogens is 292 g/mol. The smallest absolute Gasteiger partial charge is 0.272 e. The number of nitrogens with zero attached hydrogens (tertiary/aromatic N) is 3. The molecule has 2 heterocycles. The fraction of sp³-hybridized carbons (Fsp3) is 0.667. The first kappa shape index (κ1) is 15.3. The number of carbonyl (C=O) groups is 1. The summed E-state index contributed by atoms with van der Waals surface area (Å²) in [5.41, 5.74) is 0.234. The van der Waals surface area contributed by atoms with Gasteiger partial charge in [0.25, 0.3) is 11.8 Å². The van der Waals surface area contributed by atoms with E-state index in [1.807, 2.05) is 0 Å². The zero-order valence-electron chi connectivity index (χ0n) is 12.3. The normalized spacial score (nSPS) is 24.3. The van der Waals surface area contributed by atoms with Gasteiger partial charge in [-0.15, -0.1) is 0 Å². The van der Waals surface area contributed by atoms with E-state index in [0.29, 0.717) is 12.5 Å². The van der Waals surface area contributed by atoms with Crippen LogP contribution >= 0.6 is 0 Å². The lowest BCUT2D eigenvalue weighted by Crippen LogP contribution is -2.51. The molecule has 2 fully saturated rings. The number of amides is 1. The molecule has 0 aromatic carbocycles. The first-order valence-electron chi connectivity index (χ1n) is 7.57. The Morgan fingerprint density at radius 3 is 2.91 bits per heavy atom. The quantitative estimate of drug-likeness (QED) is 0.834. The summed E-state index contributed by atoms with van der Waals surface area (Å²) in [6.45, 7) is 0.582. The third kappa shape index (κ3) is 3.58. The molecule has 2 aliphatic rings. The summed E-state index contributed by atoms with van der Waals surface area (Å²) >= 11 is 0. The molecule has 1 saturated heterocycles. The predicted molar refractivity (Wildman–Crippen MR) is 74.5 cm³/mol. The van der Waals surface area contributed by atoms with Crippen molar-refractivity contribution in [1.29, 1.82) is 0 Å². The molecular formula is C15H19F2N3O2. The monoisotopic (exact) mass is 311 g/mol. The maximum Gasteiger partial charge on any atom is 0.272 e. The molecule has 120 valence electrons. The zero-order valence-corrected chi connectivity index (χ0v) is 12.3. The van der Waals surface area contributed by atoms with E-state index < -0.39 is 11.8 Å². The van der Waals surface area contributed by atoms with Gasteiger partial charge in [-0.2, -0.15) is 0 Å². The minimum absolute atomic E-state index is 0.000499. The van der Waals surface area contributed by atoms with Gasteiger partial charge in [0.1, 0.15) is 12.0 Å². The van der Waals surface area contributed by atoms with Gasteiger partial charge in [-0.25, -0.2) is 18.7 Å². The first-order chi connectivity index (χ1) is 10.6. The van der Waals surface area contributed by atoms with Crippen molar-refractivity contribution in [3.05, 3.63) is 24.3 Å². The number of hydrogen-bond donors (Lipinski definition) is 0. The summed E-state index contributed by atoms with van der Waals surface area (Å²) in [5, 5.41) is 0. The van der Waals surface area contributed by atoms with Crippen molar-refractivity contribution in [2.24, 2.45) is 11.8 Å². The molecule has 0 bridgehead atoms. The Morgan fingerprint density at radius 1 is 1.41 bits per heavy atom. The molecule has 0 N–H and O–H groups in total. The molecule has 1 saturated carbocycles. The highest BCUT2D eigenvalue weighted by molar-refractivity contribution is 5.92. The van der Waals surface area contributed by atoms with Gasteiger partial charge >= 0.3 is 0 Å². The van der Waals surface area contributed by atoms with Crippen LogP contribution in [0.4, 0.5) is 8.78 Å². The minimum Gasteiger partial charge on any atom is -0.381 e. The molecule has 7 heteroatoms. The molecule has 1 unspecified atom stereocenters. The predicted octanol–water partition coefficient (Wildman–Crippen LogP) is 2.00. The van der Waals surface area contributed by atoms with E-state index >= 15 is 0 Å². The maximum atomic E-state index is 14.0. The van der Waals surface area contributed by atoms with Crippen LogP contribution in [0.25, 0.3) is 0 Å². The van der Waals surface area contributed by atoms with Crippen LogP contribution < -0.4 is 0 Å². The Labute approximate surface area is 127 Å². The van der Waals surface area contributed by atoms with Crippen LogP contribution in [0, 0.1) is 11.8 Å². The maximum absolute atomic E-state index is 14.0. The number of alkyl halides is 2. The molecule has 0 radical (unpaired) electrons. The second-order valence-electron chi connectivity index (χ2n) is 6.03. The van der Waals surface area contributed by atoms with Gasteiger partial charge in [-0.1, -0.05) is 0 Å². The second-order valence-corrected chi connectivity index (χ2v) is 6.03. The number of halogens is 2. The van der Waals surface area contributed by atoms with Crippen LogP contribution in [0.15, 0.2) is 18.6 Å². The van der Waals surface area contributed by atoms with Gasteiger partial charge in [0.2, 0.25) is 0 Å². The van der Waals surface area contributed by atoms with Crippen LogP contribution in [-0.2, 0) is 4.74 Å². The molecule has 1 aliphatic carbocycles. The van der Waals surface area contributed by atoms with E-state index in [0.717, 1.165) is 12.8 Å². The highest BCUT2D eigenvalue weighted by atomic mass is 19.3. The van der Waals surface area contributed by atoms with Crippen molar-refractivity contribution < 1.29 is 18.3 Å². The highest BCUT2D eigenvalue weighted by Gasteiger charge is 2.45. The average Bonchev–Trinajstić information content (AvgIpc) is 3.33. The Balaban J connectivity index is 1.60. The molecule has 1 atom stereocenters. The van der Waals surface area contributed by atoms with Crippen LogP contribution in [0.1, 0.15) is 29.8 Å². The SMILES string of the molecule is O=C(c1ccncn1)N1CCC(F)(F)C(COCC2CC2)C1. The zero-order chi connectivity index (χ0) is 15.6. The van der Waals surface area contributed by atoms with Crippen molar-refractivity contribution >= 4 is 5.91 Å². The van der Waals surface area contributed by atoms with Crippen molar-refractivity contribution in [3.63, 3.8) is 0 Å². The first-order valence-corrected chi connectivity index (χ1v) is 7.57. The van der Waals surface area contributed by atoms with Gasteiger partial charge < -0.3 is 9.64 Å². The largest absolute Gasteiger partial charge is 0.381 e. The average molecular weight is 311 g/mol. The van der Waals surface area contributed by atoms with Crippen LogP contribution in [0.5, 0.6) is 0 Å². The number of hydrogen-bond acceptors (Lipinski definition) is 4. The van der Waals surface area contributed by atoms with E-state index in [9.17, 15) is 13.6 Å². The molecule has 1 amide bonds. The lowest BCUT2D eigenvalue weighted by atomic mass is 9.94. The number of carbonyl (C=O) groups excluding carboxylic acids is 1. The van der Waals surface area contributed by atoms with Gasteiger partial charge in [0.05, 0.1) is 12.5 Å². The van der Waals surface area contributed by atoms with E-state index in [4.69, 9.17) is 4.74 Å². The lowest BCUT2D eigenvalue weighted by molar-refractivity contribution is -0.122. The Hall–Kier alpha value is -1.63. The Morgan fingerprint density at radius 2 is 2.23 bits per heavy atom. The summed E-state index contributed by atoms with van der Waals surface area (Å²) in [5.74, 6) is -3.53. The fourth-order valence-corrected chi connectivity index (χ4v) is 2.58. The van der Waals surface area contributed by atoms with Crippen molar-refractivity contribution in [3.8, 4) is 0 Å². The number of rotatable bonds is 5. The molecule has 3 rings (SSSR count). The Kier molecular flexibility index (Phi) is 4.33. The molecule has 1 aliphatic heterocycles. The van der Waals surface area contributed by atoms with Crippen molar-refractivity contribution in [2.75, 3.05) is 26.3 Å². The highest BCUT2D eigenvalue weighted by Crippen LogP contribution is 2.35. The summed E-state index contributed by atoms with van der Waals surface area (Å²) in [4.78, 5) is 21.4. The molecule has 1 aromatic heterocycles. The van der Waals surface area contributed by atoms with E-state index in [-0.39, 0.29) is 37.7 Å². The van der Waals surface area contributed by atoms with E-state index in [2.05, 4.69) is 9.97 Å². The van der Waals surface area contributed by atoms with E-state index in [1.54, 1.807) is 0 Å². The number of aromatic nitrogens is 2. The molecule has 22 heavy (non-hydrogen) atoms. The standard InChI is InChI=1S/C15H19F2N3O2/c16-15(17)4-6-20(14(21)13-3-5-18-10-19-13)7-12(15)9-22-8-11-1-2-11/h3,5,10-12H,1-2,4,6-9H2. The van der Waals surface area contributed by atoms with Gasteiger partial charge in [-0.3, -0.25) is 4.79 Å². The number of piperidine rings is 1. The van der Waals surface area contributed by atoms with Gasteiger partial charge in [0, 0.05) is 32.3 Å². The molecule has 1 aromatic rings. The third-order valence-corrected chi connectivity index (χ3v) is 4.21. The summed E-state index contributed by atoms with van der Waals surface area (Å²) in [7, 11) is 0. The summed E-state index contributed by atoms with van der Waals surface area (Å²) < 4.78 is 33.4. The summed E-state index contributed by atoms with van der Waals surface area (Å²) in [6.07, 6.45) is 4.66. The van der Waals surface area contributed by atoms with Gasteiger partial charge in [-0.05, 0) is 24.8 Å². The lowest BCUT2D eigenvalue weighted by Gasteiger charge is -2.38. The molecule has 5 nitrogen and oxygen atoms in total. The summed E-state index contributed by atoms with van der Waals surface area (Å²) in [6, 6.07) is 1.49. The van der Waals surface area contributed by atoms with Gasteiger partial charge in [0.15, 0.2) is 0 Å². The Bertz CT molecular complexity index is 523. The number of likely N-dealkylation sites (tertiary alicyclic amines) is 1. The molecule has 0 spiro atoms. The third-order valence-electron chi connectivity index (χ3n) is 4.21. The van der Waals surface area contributed by atoms with Crippen molar-refractivity contribution in [2.45, 2.75) is 25.2 Å². The topological polar surface area (TPSA) is 55.3 Å². The fourth-order valence-electron chi connectivity index (χ4n) is 2.58. The second kappa shape index (κ2) is 6.24. The number of ether oxygens (including phenoxy) is 1. The minimum atomic E-state index is -2.79. The van der Waals surface area contributed by atoms with Crippen molar-refractivity contribution in [1.82, 2.24) is 14.9 Å². The van der Waals surface area contributed by atoms with E-state index in [1.165, 1.54) is 23.5 Å². The van der Waals surface area contributed by atoms with Crippen LogP contribution in [0.3, 0.4) is 0 Å².